The Kier molecular flexibility index (Phi) is 5.96. The van der Waals surface area contributed by atoms with Gasteiger partial charge in [0.15, 0.2) is 5.78 Å². The number of hydrogen-bond donors (Lipinski definition) is 1. The molecule has 0 unspecified atom stereocenters. The third-order valence-corrected chi connectivity index (χ3v) is 2.57. The lowest BCUT2D eigenvalue weighted by Crippen LogP contribution is -2.42. The molecular formula is C12H22NO3+. The summed E-state index contributed by atoms with van der Waals surface area (Å²) in [5.74, 6) is -0.678. The number of nitrogens with zero attached hydrogens (tertiary/aromatic N) is 1. The highest BCUT2D eigenvalue weighted by atomic mass is 16.4. The molecule has 0 saturated heterocycles. The maximum Gasteiger partial charge on any atom is 0.309 e. The standard InChI is InChI=1S/C12H21NO3/c1-10(2)11(14)6-5-8-13(3,4)9-7-12(15)16/h1,5-9H2,2-4H3/p+1. The molecule has 0 rings (SSSR count). The van der Waals surface area contributed by atoms with E-state index in [4.69, 9.17) is 5.11 Å². The van der Waals surface area contributed by atoms with Crippen molar-refractivity contribution in [1.82, 2.24) is 0 Å². The average molecular weight is 228 g/mol. The van der Waals surface area contributed by atoms with E-state index in [1.54, 1.807) is 6.92 Å². The number of carboxylic acids is 1. The molecule has 0 bridgehead atoms. The predicted octanol–water partition coefficient (Wildman–Crippen LogP) is 1.46. The predicted molar refractivity (Wildman–Crippen MR) is 63.2 cm³/mol. The van der Waals surface area contributed by atoms with E-state index in [9.17, 15) is 9.59 Å². The largest absolute Gasteiger partial charge is 0.481 e. The molecule has 4 heteroatoms. The van der Waals surface area contributed by atoms with Crippen LogP contribution in [0.3, 0.4) is 0 Å². The van der Waals surface area contributed by atoms with Gasteiger partial charge in [-0.2, -0.15) is 0 Å². The minimum atomic E-state index is -0.774. The summed E-state index contributed by atoms with van der Waals surface area (Å²) in [4.78, 5) is 21.7. The molecule has 0 spiro atoms. The zero-order chi connectivity index (χ0) is 12.8. The number of rotatable bonds is 8. The van der Waals surface area contributed by atoms with Crippen LogP contribution in [-0.2, 0) is 9.59 Å². The summed E-state index contributed by atoms with van der Waals surface area (Å²) in [5, 5.41) is 8.59. The Morgan fingerprint density at radius 1 is 1.19 bits per heavy atom. The van der Waals surface area contributed by atoms with Crippen molar-refractivity contribution in [2.24, 2.45) is 0 Å². The van der Waals surface area contributed by atoms with Crippen LogP contribution in [0.15, 0.2) is 12.2 Å². The van der Waals surface area contributed by atoms with Gasteiger partial charge in [0, 0.05) is 12.8 Å². The Labute approximate surface area is 97.2 Å². The molecular weight excluding hydrogens is 206 g/mol. The van der Waals surface area contributed by atoms with E-state index in [0.717, 1.165) is 13.0 Å². The number of allylic oxidation sites excluding steroid dienone is 1. The van der Waals surface area contributed by atoms with Crippen LogP contribution in [0.2, 0.25) is 0 Å². The molecule has 0 aliphatic heterocycles. The van der Waals surface area contributed by atoms with E-state index in [1.165, 1.54) is 0 Å². The van der Waals surface area contributed by atoms with E-state index < -0.39 is 5.97 Å². The van der Waals surface area contributed by atoms with Gasteiger partial charge in [-0.05, 0) is 12.5 Å². The summed E-state index contributed by atoms with van der Waals surface area (Å²) >= 11 is 0. The molecule has 1 N–H and O–H groups in total. The van der Waals surface area contributed by atoms with Crippen LogP contribution in [0.25, 0.3) is 0 Å². The molecule has 0 aromatic rings. The quantitative estimate of drug-likeness (QED) is 0.505. The fourth-order valence-corrected chi connectivity index (χ4v) is 1.39. The number of quaternary nitrogens is 1. The van der Waals surface area contributed by atoms with Crippen molar-refractivity contribution in [1.29, 1.82) is 0 Å². The second kappa shape index (κ2) is 6.43. The Bertz CT molecular complexity index is 282. The first-order chi connectivity index (χ1) is 7.24. The Balaban J connectivity index is 3.86. The molecule has 0 aliphatic carbocycles. The van der Waals surface area contributed by atoms with Gasteiger partial charge in [-0.3, -0.25) is 9.59 Å². The molecule has 0 aromatic carbocycles. The third kappa shape index (κ3) is 7.17. The van der Waals surface area contributed by atoms with Crippen molar-refractivity contribution in [2.45, 2.75) is 26.2 Å². The number of aliphatic carboxylic acids is 1. The van der Waals surface area contributed by atoms with Crippen molar-refractivity contribution in [3.63, 3.8) is 0 Å². The lowest BCUT2D eigenvalue weighted by molar-refractivity contribution is -0.889. The average Bonchev–Trinajstić information content (AvgIpc) is 2.14. The summed E-state index contributed by atoms with van der Waals surface area (Å²) in [5.41, 5.74) is 0.593. The van der Waals surface area contributed by atoms with E-state index >= 15 is 0 Å². The molecule has 0 radical (unpaired) electrons. The minimum Gasteiger partial charge on any atom is -0.481 e. The summed E-state index contributed by atoms with van der Waals surface area (Å²) in [6.07, 6.45) is 1.45. The molecule has 0 atom stereocenters. The highest BCUT2D eigenvalue weighted by Crippen LogP contribution is 2.06. The fourth-order valence-electron chi connectivity index (χ4n) is 1.39. The fraction of sp³-hybridized carbons (Fsp3) is 0.667. The minimum absolute atomic E-state index is 0.0956. The molecule has 0 aromatic heterocycles. The zero-order valence-electron chi connectivity index (χ0n) is 10.5. The second-order valence-electron chi connectivity index (χ2n) is 4.83. The summed E-state index contributed by atoms with van der Waals surface area (Å²) in [6.45, 7) is 6.72. The van der Waals surface area contributed by atoms with Crippen LogP contribution in [0.1, 0.15) is 26.2 Å². The van der Waals surface area contributed by atoms with Crippen LogP contribution >= 0.6 is 0 Å². The second-order valence-corrected chi connectivity index (χ2v) is 4.83. The topological polar surface area (TPSA) is 54.4 Å². The maximum atomic E-state index is 11.3. The van der Waals surface area contributed by atoms with Gasteiger partial charge in [0.05, 0.1) is 33.6 Å². The Morgan fingerprint density at radius 3 is 2.19 bits per heavy atom. The first-order valence-electron chi connectivity index (χ1n) is 5.47. The number of carbonyl (C=O) groups is 2. The molecule has 0 aliphatic rings. The van der Waals surface area contributed by atoms with Crippen LogP contribution in [0, 0.1) is 0 Å². The van der Waals surface area contributed by atoms with Gasteiger partial charge in [-0.1, -0.05) is 6.58 Å². The highest BCUT2D eigenvalue weighted by Gasteiger charge is 2.17. The van der Waals surface area contributed by atoms with Gasteiger partial charge >= 0.3 is 5.97 Å². The highest BCUT2D eigenvalue weighted by molar-refractivity contribution is 5.93. The normalized spacial score (nSPS) is 11.2. The Hall–Kier alpha value is -1.16. The molecule has 0 fully saturated rings. The van der Waals surface area contributed by atoms with E-state index in [-0.39, 0.29) is 12.2 Å². The van der Waals surface area contributed by atoms with Gasteiger partial charge in [0.2, 0.25) is 0 Å². The SMILES string of the molecule is C=C(C)C(=O)CCC[N+](C)(C)CCC(=O)O. The van der Waals surface area contributed by atoms with Gasteiger partial charge in [0.25, 0.3) is 0 Å². The van der Waals surface area contributed by atoms with Crippen LogP contribution in [0.4, 0.5) is 0 Å². The van der Waals surface area contributed by atoms with Gasteiger partial charge in [-0.25, -0.2) is 0 Å². The van der Waals surface area contributed by atoms with Crippen molar-refractivity contribution in [2.75, 3.05) is 27.2 Å². The van der Waals surface area contributed by atoms with Crippen molar-refractivity contribution in [3.05, 3.63) is 12.2 Å². The number of ketones is 1. The third-order valence-electron chi connectivity index (χ3n) is 2.57. The van der Waals surface area contributed by atoms with Gasteiger partial charge in [0.1, 0.15) is 0 Å². The lowest BCUT2D eigenvalue weighted by atomic mass is 10.1. The molecule has 0 heterocycles. The van der Waals surface area contributed by atoms with E-state index in [1.807, 2.05) is 14.1 Å². The smallest absolute Gasteiger partial charge is 0.309 e. The van der Waals surface area contributed by atoms with Crippen molar-refractivity contribution >= 4 is 11.8 Å². The number of Topliss-reactive ketones (excluding diaryl/α,β-unsaturated/α-hetero) is 1. The zero-order valence-corrected chi connectivity index (χ0v) is 10.5. The van der Waals surface area contributed by atoms with Crippen molar-refractivity contribution in [3.8, 4) is 0 Å². The molecule has 92 valence electrons. The van der Waals surface area contributed by atoms with Crippen LogP contribution < -0.4 is 0 Å². The number of carbonyl (C=O) groups excluding carboxylic acids is 1. The van der Waals surface area contributed by atoms with Crippen molar-refractivity contribution < 1.29 is 19.2 Å². The Morgan fingerprint density at radius 2 is 1.75 bits per heavy atom. The monoisotopic (exact) mass is 228 g/mol. The van der Waals surface area contributed by atoms with Gasteiger partial charge in [-0.15, -0.1) is 0 Å². The van der Waals surface area contributed by atoms with E-state index in [2.05, 4.69) is 6.58 Å². The van der Waals surface area contributed by atoms with Crippen LogP contribution in [-0.4, -0.2) is 48.5 Å². The summed E-state index contributed by atoms with van der Waals surface area (Å²) in [6, 6.07) is 0. The molecule has 0 saturated carbocycles. The number of carboxylic acid groups (broad SMARTS) is 1. The maximum absolute atomic E-state index is 11.3. The van der Waals surface area contributed by atoms with Gasteiger partial charge < -0.3 is 9.59 Å². The molecule has 4 nitrogen and oxygen atoms in total. The number of hydrogen-bond acceptors (Lipinski definition) is 2. The summed E-state index contributed by atoms with van der Waals surface area (Å²) < 4.78 is 0.635. The molecule has 16 heavy (non-hydrogen) atoms. The van der Waals surface area contributed by atoms with Crippen LogP contribution in [0.5, 0.6) is 0 Å². The first-order valence-corrected chi connectivity index (χ1v) is 5.47. The first kappa shape index (κ1) is 14.8. The molecule has 0 amide bonds. The van der Waals surface area contributed by atoms with E-state index in [0.29, 0.717) is 23.0 Å². The lowest BCUT2D eigenvalue weighted by Gasteiger charge is -2.29. The summed E-state index contributed by atoms with van der Waals surface area (Å²) in [7, 11) is 3.96.